The first-order valence-corrected chi connectivity index (χ1v) is 5.90. The fourth-order valence-corrected chi connectivity index (χ4v) is 2.81. The summed E-state index contributed by atoms with van der Waals surface area (Å²) in [6.07, 6.45) is 2.80. The van der Waals surface area contributed by atoms with Crippen LogP contribution in [0.5, 0.6) is 0 Å². The zero-order chi connectivity index (χ0) is 11.1. The number of benzene rings is 1. The molecule has 2 aliphatic heterocycles. The van der Waals surface area contributed by atoms with Gasteiger partial charge in [0.1, 0.15) is 0 Å². The third-order valence-electron chi connectivity index (χ3n) is 3.71. The Morgan fingerprint density at radius 3 is 3.19 bits per heavy atom. The van der Waals surface area contributed by atoms with Gasteiger partial charge in [-0.25, -0.2) is 0 Å². The molecule has 3 nitrogen and oxygen atoms in total. The molecule has 3 heteroatoms. The topological polar surface area (TPSA) is 32.3 Å². The lowest BCUT2D eigenvalue weighted by Crippen LogP contribution is -2.28. The van der Waals surface area contributed by atoms with Gasteiger partial charge in [-0.05, 0) is 25.0 Å². The van der Waals surface area contributed by atoms with E-state index in [0.29, 0.717) is 12.3 Å². The first kappa shape index (κ1) is 9.70. The normalized spacial score (nSPS) is 23.4. The molecule has 0 saturated heterocycles. The molecule has 1 unspecified atom stereocenters. The molecule has 0 radical (unpaired) electrons. The van der Waals surface area contributed by atoms with E-state index in [1.54, 1.807) is 0 Å². The summed E-state index contributed by atoms with van der Waals surface area (Å²) in [5, 5.41) is 3.43. The molecule has 1 aromatic carbocycles. The van der Waals surface area contributed by atoms with Crippen molar-refractivity contribution in [3.8, 4) is 0 Å². The molecule has 0 aliphatic carbocycles. The molecule has 0 bridgehead atoms. The molecule has 0 fully saturated rings. The molecule has 3 rings (SSSR count). The quantitative estimate of drug-likeness (QED) is 0.722. The van der Waals surface area contributed by atoms with Crippen molar-refractivity contribution in [3.05, 3.63) is 23.8 Å². The minimum absolute atomic E-state index is 0.235. The number of nitrogens with zero attached hydrogens (tertiary/aromatic N) is 1. The number of anilines is 2. The Kier molecular flexibility index (Phi) is 2.13. The van der Waals surface area contributed by atoms with Gasteiger partial charge in [0.25, 0.3) is 0 Å². The van der Waals surface area contributed by atoms with Crippen molar-refractivity contribution in [2.24, 2.45) is 0 Å². The van der Waals surface area contributed by atoms with E-state index in [4.69, 9.17) is 0 Å². The molecule has 1 aromatic rings. The smallest absolute Gasteiger partial charge is 0.226 e. The second kappa shape index (κ2) is 3.51. The summed E-state index contributed by atoms with van der Waals surface area (Å²) in [5.41, 5.74) is 3.65. The van der Waals surface area contributed by atoms with E-state index in [-0.39, 0.29) is 5.91 Å². The molecule has 84 valence electrons. The summed E-state index contributed by atoms with van der Waals surface area (Å²) in [6, 6.07) is 6.19. The van der Waals surface area contributed by atoms with Crippen LogP contribution in [0.2, 0.25) is 0 Å². The van der Waals surface area contributed by atoms with Crippen LogP contribution in [0.4, 0.5) is 11.4 Å². The van der Waals surface area contributed by atoms with Crippen LogP contribution < -0.4 is 10.2 Å². The number of nitrogens with one attached hydrogen (secondary N) is 1. The van der Waals surface area contributed by atoms with Gasteiger partial charge in [0.05, 0.1) is 0 Å². The lowest BCUT2D eigenvalue weighted by molar-refractivity contribution is -0.118. The molecular formula is C13H16N2O. The number of hydrogen-bond donors (Lipinski definition) is 1. The molecule has 0 spiro atoms. The maximum absolute atomic E-state index is 11.9. The summed E-state index contributed by atoms with van der Waals surface area (Å²) in [5.74, 6) is 0.820. The summed E-state index contributed by atoms with van der Waals surface area (Å²) in [4.78, 5) is 13.7. The van der Waals surface area contributed by atoms with E-state index in [9.17, 15) is 4.79 Å². The van der Waals surface area contributed by atoms with Crippen LogP contribution in [0, 0.1) is 0 Å². The monoisotopic (exact) mass is 216 g/mol. The fourth-order valence-electron chi connectivity index (χ4n) is 2.81. The van der Waals surface area contributed by atoms with Gasteiger partial charge in [0, 0.05) is 42.9 Å². The Balaban J connectivity index is 2.15. The summed E-state index contributed by atoms with van der Waals surface area (Å²) >= 11 is 0. The highest BCUT2D eigenvalue weighted by Crippen LogP contribution is 2.42. The van der Waals surface area contributed by atoms with Crippen LogP contribution in [0.1, 0.15) is 30.7 Å². The molecule has 1 N–H and O–H groups in total. The van der Waals surface area contributed by atoms with E-state index in [0.717, 1.165) is 25.1 Å². The SMILES string of the molecule is CN1C(=O)CCCC2CNc3cccc1c32. The molecule has 16 heavy (non-hydrogen) atoms. The van der Waals surface area contributed by atoms with Crippen molar-refractivity contribution >= 4 is 17.3 Å². The number of amides is 1. The van der Waals surface area contributed by atoms with E-state index in [1.807, 2.05) is 18.0 Å². The fraction of sp³-hybridized carbons (Fsp3) is 0.462. The molecule has 1 atom stereocenters. The van der Waals surface area contributed by atoms with Crippen LogP contribution in [0.3, 0.4) is 0 Å². The average Bonchev–Trinajstić information content (AvgIpc) is 2.70. The van der Waals surface area contributed by atoms with Crippen LogP contribution in [-0.4, -0.2) is 19.5 Å². The lowest BCUT2D eigenvalue weighted by Gasteiger charge is -2.25. The third kappa shape index (κ3) is 1.31. The molecule has 2 aliphatic rings. The molecule has 0 saturated carbocycles. The van der Waals surface area contributed by atoms with Crippen molar-refractivity contribution in [2.45, 2.75) is 25.2 Å². The lowest BCUT2D eigenvalue weighted by atomic mass is 9.91. The number of hydrogen-bond acceptors (Lipinski definition) is 2. The van der Waals surface area contributed by atoms with Gasteiger partial charge in [0.2, 0.25) is 5.91 Å². The first-order valence-electron chi connectivity index (χ1n) is 5.90. The van der Waals surface area contributed by atoms with Crippen LogP contribution in [0.25, 0.3) is 0 Å². The van der Waals surface area contributed by atoms with Crippen LogP contribution in [-0.2, 0) is 4.79 Å². The minimum Gasteiger partial charge on any atom is -0.384 e. The van der Waals surface area contributed by atoms with Crippen LogP contribution >= 0.6 is 0 Å². The largest absolute Gasteiger partial charge is 0.384 e. The zero-order valence-corrected chi connectivity index (χ0v) is 9.49. The molecule has 0 aromatic heterocycles. The molecular weight excluding hydrogens is 200 g/mol. The number of carbonyl (C=O) groups excluding carboxylic acids is 1. The van der Waals surface area contributed by atoms with Crippen molar-refractivity contribution in [1.29, 1.82) is 0 Å². The van der Waals surface area contributed by atoms with E-state index in [1.165, 1.54) is 11.3 Å². The van der Waals surface area contributed by atoms with Crippen molar-refractivity contribution in [3.63, 3.8) is 0 Å². The summed E-state index contributed by atoms with van der Waals surface area (Å²) in [7, 11) is 1.89. The van der Waals surface area contributed by atoms with Gasteiger partial charge < -0.3 is 10.2 Å². The van der Waals surface area contributed by atoms with Gasteiger partial charge in [0.15, 0.2) is 0 Å². The Hall–Kier alpha value is -1.51. The predicted molar refractivity (Wildman–Crippen MR) is 64.9 cm³/mol. The second-order valence-corrected chi connectivity index (χ2v) is 4.66. The van der Waals surface area contributed by atoms with E-state index >= 15 is 0 Å². The van der Waals surface area contributed by atoms with Crippen molar-refractivity contribution in [1.82, 2.24) is 0 Å². The molecule has 2 heterocycles. The van der Waals surface area contributed by atoms with Crippen molar-refractivity contribution in [2.75, 3.05) is 23.8 Å². The second-order valence-electron chi connectivity index (χ2n) is 4.66. The number of rotatable bonds is 0. The maximum atomic E-state index is 11.9. The van der Waals surface area contributed by atoms with Gasteiger partial charge >= 0.3 is 0 Å². The standard InChI is InChI=1S/C13H16N2O/c1-15-11-6-3-5-10-13(11)9(8-14-10)4-2-7-12(15)16/h3,5-6,9,14H,2,4,7-8H2,1H3. The third-order valence-corrected chi connectivity index (χ3v) is 3.71. The van der Waals surface area contributed by atoms with Gasteiger partial charge in [-0.3, -0.25) is 4.79 Å². The van der Waals surface area contributed by atoms with Crippen molar-refractivity contribution < 1.29 is 4.79 Å². The van der Waals surface area contributed by atoms with Crippen LogP contribution in [0.15, 0.2) is 18.2 Å². The Morgan fingerprint density at radius 2 is 2.31 bits per heavy atom. The Bertz CT molecular complexity index is 442. The first-order chi connectivity index (χ1) is 7.77. The Morgan fingerprint density at radius 1 is 1.44 bits per heavy atom. The predicted octanol–water partition coefficient (Wildman–Crippen LogP) is 2.34. The molecule has 1 amide bonds. The summed E-state index contributed by atoms with van der Waals surface area (Å²) < 4.78 is 0. The average molecular weight is 216 g/mol. The van der Waals surface area contributed by atoms with Gasteiger partial charge in [-0.15, -0.1) is 0 Å². The minimum atomic E-state index is 0.235. The van der Waals surface area contributed by atoms with Gasteiger partial charge in [-0.1, -0.05) is 6.07 Å². The Labute approximate surface area is 95.4 Å². The highest BCUT2D eigenvalue weighted by molar-refractivity contribution is 5.95. The highest BCUT2D eigenvalue weighted by atomic mass is 16.2. The van der Waals surface area contributed by atoms with E-state index in [2.05, 4.69) is 17.4 Å². The number of carbonyl (C=O) groups is 1. The highest BCUT2D eigenvalue weighted by Gasteiger charge is 2.29. The summed E-state index contributed by atoms with van der Waals surface area (Å²) in [6.45, 7) is 1.02. The van der Waals surface area contributed by atoms with Gasteiger partial charge in [-0.2, -0.15) is 0 Å². The maximum Gasteiger partial charge on any atom is 0.226 e. The van der Waals surface area contributed by atoms with E-state index < -0.39 is 0 Å². The zero-order valence-electron chi connectivity index (χ0n) is 9.49.